The van der Waals surface area contributed by atoms with Crippen molar-refractivity contribution < 1.29 is 13.2 Å². The SMILES string of the molecule is C[C@@H]1C[C@H]2CCCC[C@@H]2N1C(=O)NCC(C)(C)CCS(C)(=O)=O. The van der Waals surface area contributed by atoms with Crippen LogP contribution < -0.4 is 5.32 Å². The second-order valence-electron chi connectivity index (χ2n) is 8.31. The minimum Gasteiger partial charge on any atom is -0.337 e. The van der Waals surface area contributed by atoms with Crippen molar-refractivity contribution >= 4 is 15.9 Å². The summed E-state index contributed by atoms with van der Waals surface area (Å²) in [5, 5.41) is 3.06. The Morgan fingerprint density at radius 2 is 1.91 bits per heavy atom. The third-order valence-corrected chi connectivity index (χ3v) is 6.39. The van der Waals surface area contributed by atoms with E-state index in [1.54, 1.807) is 0 Å². The molecular weight excluding hydrogens is 312 g/mol. The summed E-state index contributed by atoms with van der Waals surface area (Å²) in [7, 11) is -2.96. The summed E-state index contributed by atoms with van der Waals surface area (Å²) in [6, 6.07) is 0.736. The van der Waals surface area contributed by atoms with Crippen LogP contribution in [0.5, 0.6) is 0 Å². The fourth-order valence-corrected chi connectivity index (χ4v) is 4.94. The third kappa shape index (κ3) is 5.10. The lowest BCUT2D eigenvalue weighted by molar-refractivity contribution is 0.152. The number of hydrogen-bond donors (Lipinski definition) is 1. The van der Waals surface area contributed by atoms with Crippen LogP contribution >= 0.6 is 0 Å². The number of nitrogens with zero attached hydrogens (tertiary/aromatic N) is 1. The normalized spacial score (nSPS) is 28.5. The summed E-state index contributed by atoms with van der Waals surface area (Å²) in [5.74, 6) is 0.837. The number of fused-ring (bicyclic) bond motifs is 1. The zero-order valence-electron chi connectivity index (χ0n) is 15.0. The Bertz CT molecular complexity index is 530. The molecule has 0 aromatic heterocycles. The molecule has 0 aromatic carbocycles. The largest absolute Gasteiger partial charge is 0.337 e. The highest BCUT2D eigenvalue weighted by Gasteiger charge is 2.42. The van der Waals surface area contributed by atoms with E-state index in [0.717, 1.165) is 12.8 Å². The number of hydrogen-bond acceptors (Lipinski definition) is 3. The van der Waals surface area contributed by atoms with Crippen LogP contribution in [0.2, 0.25) is 0 Å². The molecule has 0 unspecified atom stereocenters. The van der Waals surface area contributed by atoms with Crippen molar-refractivity contribution in [3.05, 3.63) is 0 Å². The first kappa shape index (κ1) is 18.6. The molecule has 1 saturated carbocycles. The average molecular weight is 345 g/mol. The van der Waals surface area contributed by atoms with Gasteiger partial charge in [-0.05, 0) is 43.9 Å². The van der Waals surface area contributed by atoms with Crippen LogP contribution in [0.15, 0.2) is 0 Å². The quantitative estimate of drug-likeness (QED) is 0.834. The maximum Gasteiger partial charge on any atom is 0.317 e. The first-order chi connectivity index (χ1) is 10.6. The Kier molecular flexibility index (Phi) is 5.64. The molecule has 6 heteroatoms. The van der Waals surface area contributed by atoms with Crippen LogP contribution in [-0.2, 0) is 9.84 Å². The van der Waals surface area contributed by atoms with Gasteiger partial charge in [-0.2, -0.15) is 0 Å². The van der Waals surface area contributed by atoms with E-state index in [0.29, 0.717) is 31.0 Å². The Labute approximate surface area is 141 Å². The molecule has 0 bridgehead atoms. The van der Waals surface area contributed by atoms with Gasteiger partial charge in [0.2, 0.25) is 0 Å². The molecule has 1 saturated heterocycles. The minimum absolute atomic E-state index is 0.0272. The van der Waals surface area contributed by atoms with Crippen LogP contribution in [-0.4, -0.2) is 50.0 Å². The summed E-state index contributed by atoms with van der Waals surface area (Å²) in [6.45, 7) is 6.68. The van der Waals surface area contributed by atoms with E-state index in [4.69, 9.17) is 0 Å². The standard InChI is InChI=1S/C17H32N2O3S/c1-13-11-14-7-5-6-8-15(14)19(13)16(20)18-12-17(2,3)9-10-23(4,21)22/h13-15H,5-12H2,1-4H3,(H,18,20)/t13-,14-,15+/m1/s1. The summed E-state index contributed by atoms with van der Waals surface area (Å²) < 4.78 is 22.7. The molecule has 1 heterocycles. The molecular formula is C17H32N2O3S. The second-order valence-corrected chi connectivity index (χ2v) is 10.6. The first-order valence-electron chi connectivity index (χ1n) is 8.83. The van der Waals surface area contributed by atoms with Crippen molar-refractivity contribution in [2.24, 2.45) is 11.3 Å². The highest BCUT2D eigenvalue weighted by molar-refractivity contribution is 7.90. The third-order valence-electron chi connectivity index (χ3n) is 5.45. The Morgan fingerprint density at radius 1 is 1.26 bits per heavy atom. The lowest BCUT2D eigenvalue weighted by Crippen LogP contribution is -2.49. The number of nitrogens with one attached hydrogen (secondary N) is 1. The predicted molar refractivity (Wildman–Crippen MR) is 93.2 cm³/mol. The zero-order chi connectivity index (χ0) is 17.3. The van der Waals surface area contributed by atoms with Gasteiger partial charge in [0.15, 0.2) is 0 Å². The molecule has 0 spiro atoms. The van der Waals surface area contributed by atoms with E-state index in [1.807, 2.05) is 13.8 Å². The molecule has 2 aliphatic rings. The van der Waals surface area contributed by atoms with Crippen molar-refractivity contribution in [2.45, 2.75) is 71.4 Å². The van der Waals surface area contributed by atoms with Gasteiger partial charge in [0.05, 0.1) is 5.75 Å². The van der Waals surface area contributed by atoms with Crippen LogP contribution in [0.25, 0.3) is 0 Å². The fourth-order valence-electron chi connectivity index (χ4n) is 4.01. The van der Waals surface area contributed by atoms with Crippen molar-refractivity contribution in [1.82, 2.24) is 10.2 Å². The molecule has 1 N–H and O–H groups in total. The molecule has 2 rings (SSSR count). The number of rotatable bonds is 5. The Morgan fingerprint density at radius 3 is 2.57 bits per heavy atom. The molecule has 1 aliphatic heterocycles. The lowest BCUT2D eigenvalue weighted by atomic mass is 9.85. The summed E-state index contributed by atoms with van der Waals surface area (Å²) in [6.07, 6.45) is 7.83. The van der Waals surface area contributed by atoms with Gasteiger partial charge in [-0.15, -0.1) is 0 Å². The number of sulfone groups is 1. The molecule has 0 aromatic rings. The second kappa shape index (κ2) is 6.99. The molecule has 0 radical (unpaired) electrons. The van der Waals surface area contributed by atoms with E-state index >= 15 is 0 Å². The van der Waals surface area contributed by atoms with Crippen molar-refractivity contribution in [3.8, 4) is 0 Å². The van der Waals surface area contributed by atoms with Crippen LogP contribution in [0.4, 0.5) is 4.79 Å². The minimum atomic E-state index is -2.96. The van der Waals surface area contributed by atoms with Crippen LogP contribution in [0.1, 0.15) is 59.3 Å². The van der Waals surface area contributed by atoms with Crippen LogP contribution in [0.3, 0.4) is 0 Å². The van der Waals surface area contributed by atoms with Gasteiger partial charge in [0, 0.05) is 24.9 Å². The Hall–Kier alpha value is -0.780. The van der Waals surface area contributed by atoms with Gasteiger partial charge in [0.25, 0.3) is 0 Å². The van der Waals surface area contributed by atoms with Gasteiger partial charge in [-0.1, -0.05) is 26.7 Å². The van der Waals surface area contributed by atoms with Gasteiger partial charge in [-0.3, -0.25) is 0 Å². The maximum absolute atomic E-state index is 12.7. The highest BCUT2D eigenvalue weighted by Crippen LogP contribution is 2.39. The number of urea groups is 1. The van der Waals surface area contributed by atoms with E-state index < -0.39 is 9.84 Å². The van der Waals surface area contributed by atoms with Crippen LogP contribution in [0, 0.1) is 11.3 Å². The van der Waals surface area contributed by atoms with Crippen molar-refractivity contribution in [3.63, 3.8) is 0 Å². The maximum atomic E-state index is 12.7. The van der Waals surface area contributed by atoms with E-state index in [-0.39, 0.29) is 17.2 Å². The van der Waals surface area contributed by atoms with Gasteiger partial charge in [0.1, 0.15) is 9.84 Å². The summed E-state index contributed by atoms with van der Waals surface area (Å²) in [5.41, 5.74) is -0.215. The van der Waals surface area contributed by atoms with Gasteiger partial charge >= 0.3 is 6.03 Å². The predicted octanol–water partition coefficient (Wildman–Crippen LogP) is 2.81. The number of amides is 2. The number of carbonyl (C=O) groups excluding carboxylic acids is 1. The van der Waals surface area contributed by atoms with E-state index in [9.17, 15) is 13.2 Å². The smallest absolute Gasteiger partial charge is 0.317 e. The molecule has 1 aliphatic carbocycles. The van der Waals surface area contributed by atoms with Gasteiger partial charge < -0.3 is 10.2 Å². The van der Waals surface area contributed by atoms with Gasteiger partial charge in [-0.25, -0.2) is 13.2 Å². The highest BCUT2D eigenvalue weighted by atomic mass is 32.2. The van der Waals surface area contributed by atoms with Crippen molar-refractivity contribution in [1.29, 1.82) is 0 Å². The monoisotopic (exact) mass is 344 g/mol. The molecule has 23 heavy (non-hydrogen) atoms. The number of likely N-dealkylation sites (tertiary alicyclic amines) is 1. The average Bonchev–Trinajstić information content (AvgIpc) is 2.78. The topological polar surface area (TPSA) is 66.5 Å². The fraction of sp³-hybridized carbons (Fsp3) is 0.941. The van der Waals surface area contributed by atoms with Crippen molar-refractivity contribution in [2.75, 3.05) is 18.6 Å². The zero-order valence-corrected chi connectivity index (χ0v) is 15.8. The molecule has 2 amide bonds. The van der Waals surface area contributed by atoms with E-state index in [2.05, 4.69) is 17.1 Å². The molecule has 2 fully saturated rings. The summed E-state index contributed by atoms with van der Waals surface area (Å²) in [4.78, 5) is 14.7. The summed E-state index contributed by atoms with van der Waals surface area (Å²) >= 11 is 0. The molecule has 5 nitrogen and oxygen atoms in total. The number of carbonyl (C=O) groups is 1. The first-order valence-corrected chi connectivity index (χ1v) is 10.9. The lowest BCUT2D eigenvalue weighted by Gasteiger charge is -2.34. The molecule has 134 valence electrons. The molecule has 3 atom stereocenters. The Balaban J connectivity index is 1.88. The van der Waals surface area contributed by atoms with E-state index in [1.165, 1.54) is 25.5 Å².